The molecular weight excluding hydrogens is 380 g/mol. The van der Waals surface area contributed by atoms with Crippen LogP contribution in [-0.4, -0.2) is 49.0 Å². The van der Waals surface area contributed by atoms with Gasteiger partial charge in [0, 0.05) is 38.4 Å². The van der Waals surface area contributed by atoms with Crippen LogP contribution >= 0.6 is 0 Å². The number of urea groups is 1. The number of benzene rings is 1. The summed E-state index contributed by atoms with van der Waals surface area (Å²) in [5.74, 6) is -2.01. The minimum absolute atomic E-state index is 0.0665. The van der Waals surface area contributed by atoms with Crippen LogP contribution in [-0.2, 0) is 11.2 Å². The highest BCUT2D eigenvalue weighted by Crippen LogP contribution is 2.38. The molecule has 1 aliphatic carbocycles. The monoisotopic (exact) mass is 405 g/mol. The van der Waals surface area contributed by atoms with Crippen LogP contribution < -0.4 is 15.4 Å². The first kappa shape index (κ1) is 19.7. The molecule has 6 nitrogen and oxygen atoms in total. The minimum atomic E-state index is -2.53. The predicted octanol–water partition coefficient (Wildman–Crippen LogP) is 3.42. The van der Waals surface area contributed by atoms with Gasteiger partial charge in [0.05, 0.1) is 12.3 Å². The number of nitrogens with zero attached hydrogens (tertiary/aromatic N) is 1. The van der Waals surface area contributed by atoms with Crippen molar-refractivity contribution in [1.82, 2.24) is 10.2 Å². The fourth-order valence-corrected chi connectivity index (χ4v) is 4.10. The van der Waals surface area contributed by atoms with Gasteiger partial charge in [-0.1, -0.05) is 12.2 Å². The van der Waals surface area contributed by atoms with Crippen molar-refractivity contribution in [3.05, 3.63) is 29.3 Å². The number of fused-ring (bicyclic) bond motifs is 1. The Balaban J connectivity index is 1.50. The Morgan fingerprint density at radius 3 is 2.79 bits per heavy atom. The molecule has 0 aromatic heterocycles. The number of likely N-dealkylation sites (N-methyl/N-ethyl adjacent to an activating group) is 1. The van der Waals surface area contributed by atoms with Crippen LogP contribution in [0.25, 0.3) is 6.08 Å². The van der Waals surface area contributed by atoms with Gasteiger partial charge in [-0.25, -0.2) is 13.6 Å². The number of hydrogen-bond acceptors (Lipinski definition) is 3. The number of hydrogen-bond donors (Lipinski definition) is 2. The standard InChI is InChI=1S/C21H25F2N3O3/c1-26-17(12-24-20(26)28)19(27)25-16-11-14(10-15-6-9-29-18(15)16)3-2-13-4-7-21(22,23)8-5-13/h2-3,10-11,13,17H,4-9,12H2,1H3,(H,24,28)(H,25,27)/b3-2+/t17-/m0/s1. The van der Waals surface area contributed by atoms with Crippen molar-refractivity contribution in [2.75, 3.05) is 25.5 Å². The number of ether oxygens (including phenoxy) is 1. The lowest BCUT2D eigenvalue weighted by Crippen LogP contribution is -2.40. The average molecular weight is 405 g/mol. The van der Waals surface area contributed by atoms with E-state index in [1.54, 1.807) is 7.05 Å². The third-order valence-corrected chi connectivity index (χ3v) is 5.92. The molecule has 2 heterocycles. The number of carbonyl (C=O) groups excluding carboxylic acids is 2. The molecule has 3 aliphatic rings. The third-order valence-electron chi connectivity index (χ3n) is 5.92. The van der Waals surface area contributed by atoms with Gasteiger partial charge in [-0.15, -0.1) is 0 Å². The zero-order valence-electron chi connectivity index (χ0n) is 16.3. The molecule has 0 unspecified atom stereocenters. The van der Waals surface area contributed by atoms with Crippen LogP contribution in [0, 0.1) is 5.92 Å². The van der Waals surface area contributed by atoms with E-state index in [2.05, 4.69) is 10.6 Å². The zero-order chi connectivity index (χ0) is 20.6. The molecular formula is C21H25F2N3O3. The van der Waals surface area contributed by atoms with Gasteiger partial charge in [-0.2, -0.15) is 0 Å². The van der Waals surface area contributed by atoms with E-state index in [9.17, 15) is 18.4 Å². The number of allylic oxidation sites excluding steroid dienone is 1. The minimum Gasteiger partial charge on any atom is -0.491 e. The molecule has 0 bridgehead atoms. The number of halogens is 2. The van der Waals surface area contributed by atoms with Crippen LogP contribution in [0.4, 0.5) is 19.3 Å². The molecule has 4 rings (SSSR count). The Morgan fingerprint density at radius 1 is 1.34 bits per heavy atom. The summed E-state index contributed by atoms with van der Waals surface area (Å²) in [4.78, 5) is 25.6. The van der Waals surface area contributed by atoms with Gasteiger partial charge in [0.1, 0.15) is 11.8 Å². The summed E-state index contributed by atoms with van der Waals surface area (Å²) in [5, 5.41) is 5.54. The lowest BCUT2D eigenvalue weighted by Gasteiger charge is -2.26. The fourth-order valence-electron chi connectivity index (χ4n) is 4.10. The second kappa shape index (κ2) is 7.65. The lowest BCUT2D eigenvalue weighted by molar-refractivity contribution is -0.119. The van der Waals surface area contributed by atoms with Crippen molar-refractivity contribution in [2.24, 2.45) is 5.92 Å². The largest absolute Gasteiger partial charge is 0.491 e. The Labute approximate surface area is 168 Å². The Morgan fingerprint density at radius 2 is 2.10 bits per heavy atom. The summed E-state index contributed by atoms with van der Waals surface area (Å²) in [6.07, 6.45) is 5.51. The quantitative estimate of drug-likeness (QED) is 0.806. The smallest absolute Gasteiger partial charge is 0.317 e. The zero-order valence-corrected chi connectivity index (χ0v) is 16.3. The molecule has 3 amide bonds. The van der Waals surface area contributed by atoms with Crippen molar-refractivity contribution in [3.63, 3.8) is 0 Å². The van der Waals surface area contributed by atoms with Crippen LogP contribution in [0.3, 0.4) is 0 Å². The van der Waals surface area contributed by atoms with Crippen LogP contribution in [0.1, 0.15) is 36.8 Å². The second-order valence-electron chi connectivity index (χ2n) is 8.01. The van der Waals surface area contributed by atoms with E-state index in [1.165, 1.54) is 4.90 Å². The van der Waals surface area contributed by atoms with Crippen molar-refractivity contribution in [1.29, 1.82) is 0 Å². The van der Waals surface area contributed by atoms with Gasteiger partial charge < -0.3 is 20.3 Å². The Kier molecular flexibility index (Phi) is 5.19. The van der Waals surface area contributed by atoms with Crippen LogP contribution in [0.5, 0.6) is 5.75 Å². The number of nitrogens with one attached hydrogen (secondary N) is 2. The number of rotatable bonds is 4. The molecule has 0 radical (unpaired) electrons. The summed E-state index contributed by atoms with van der Waals surface area (Å²) >= 11 is 0. The van der Waals surface area contributed by atoms with E-state index in [4.69, 9.17) is 4.74 Å². The van der Waals surface area contributed by atoms with Gasteiger partial charge in [0.25, 0.3) is 0 Å². The number of alkyl halides is 2. The van der Waals surface area contributed by atoms with Crippen LogP contribution in [0.15, 0.2) is 18.2 Å². The molecule has 1 saturated heterocycles. The Bertz CT molecular complexity index is 846. The number of carbonyl (C=O) groups is 2. The SMILES string of the molecule is CN1C(=O)NC[C@H]1C(=O)Nc1cc(/C=C/C2CCC(F)(F)CC2)cc2c1OCC2. The average Bonchev–Trinajstić information content (AvgIpc) is 3.28. The molecule has 2 aliphatic heterocycles. The summed E-state index contributed by atoms with van der Waals surface area (Å²) in [6, 6.07) is 2.99. The highest BCUT2D eigenvalue weighted by molar-refractivity contribution is 6.00. The maximum atomic E-state index is 13.3. The van der Waals surface area contributed by atoms with Crippen LogP contribution in [0.2, 0.25) is 0 Å². The first-order chi connectivity index (χ1) is 13.8. The molecule has 1 aromatic rings. The predicted molar refractivity (Wildman–Crippen MR) is 105 cm³/mol. The van der Waals surface area contributed by atoms with Gasteiger partial charge in [-0.3, -0.25) is 4.79 Å². The van der Waals surface area contributed by atoms with Gasteiger partial charge in [0.2, 0.25) is 11.8 Å². The molecule has 29 heavy (non-hydrogen) atoms. The molecule has 1 saturated carbocycles. The Hall–Kier alpha value is -2.64. The number of anilines is 1. The van der Waals surface area contributed by atoms with E-state index < -0.39 is 12.0 Å². The lowest BCUT2D eigenvalue weighted by atomic mass is 9.86. The van der Waals surface area contributed by atoms with E-state index in [-0.39, 0.29) is 37.2 Å². The van der Waals surface area contributed by atoms with Crippen molar-refractivity contribution < 1.29 is 23.1 Å². The van der Waals surface area contributed by atoms with E-state index >= 15 is 0 Å². The molecule has 2 fully saturated rings. The topological polar surface area (TPSA) is 70.7 Å². The maximum Gasteiger partial charge on any atom is 0.317 e. The highest BCUT2D eigenvalue weighted by atomic mass is 19.3. The normalized spacial score (nSPS) is 23.8. The van der Waals surface area contributed by atoms with E-state index in [0.29, 0.717) is 30.9 Å². The molecule has 0 spiro atoms. The number of amides is 3. The molecule has 8 heteroatoms. The summed E-state index contributed by atoms with van der Waals surface area (Å²) in [7, 11) is 1.58. The van der Waals surface area contributed by atoms with Crippen molar-refractivity contribution in [3.8, 4) is 5.75 Å². The second-order valence-corrected chi connectivity index (χ2v) is 8.01. The van der Waals surface area contributed by atoms with Gasteiger partial charge in [0.15, 0.2) is 0 Å². The first-order valence-corrected chi connectivity index (χ1v) is 10.00. The summed E-state index contributed by atoms with van der Waals surface area (Å²) in [5.41, 5.74) is 2.48. The van der Waals surface area contributed by atoms with Gasteiger partial charge >= 0.3 is 6.03 Å². The first-order valence-electron chi connectivity index (χ1n) is 10.00. The third kappa shape index (κ3) is 4.21. The molecule has 1 atom stereocenters. The van der Waals surface area contributed by atoms with E-state index in [1.807, 2.05) is 24.3 Å². The highest BCUT2D eigenvalue weighted by Gasteiger charge is 2.35. The summed E-state index contributed by atoms with van der Waals surface area (Å²) < 4.78 is 32.4. The molecule has 2 N–H and O–H groups in total. The van der Waals surface area contributed by atoms with Crippen molar-refractivity contribution >= 4 is 23.7 Å². The van der Waals surface area contributed by atoms with Gasteiger partial charge in [-0.05, 0) is 36.5 Å². The molecule has 1 aromatic carbocycles. The van der Waals surface area contributed by atoms with E-state index in [0.717, 1.165) is 17.5 Å². The van der Waals surface area contributed by atoms with Crippen molar-refractivity contribution in [2.45, 2.75) is 44.1 Å². The summed E-state index contributed by atoms with van der Waals surface area (Å²) in [6.45, 7) is 0.808. The molecule has 156 valence electrons. The fraction of sp³-hybridized carbons (Fsp3) is 0.524. The maximum absolute atomic E-state index is 13.3.